The maximum Gasteiger partial charge on any atom is 0.241 e. The maximum atomic E-state index is 7.07. The molecule has 0 amide bonds. The molecule has 3 saturated carbocycles. The lowest BCUT2D eigenvalue weighted by Crippen LogP contribution is -2.56. The van der Waals surface area contributed by atoms with Crippen molar-refractivity contribution in [2.24, 2.45) is 35.0 Å². The van der Waals surface area contributed by atoms with Crippen LogP contribution >= 0.6 is 0 Å². The fourth-order valence-corrected chi connectivity index (χ4v) is 11.0. The molecule has 0 heterocycles. The van der Waals surface area contributed by atoms with Crippen molar-refractivity contribution < 1.29 is 8.85 Å². The lowest BCUT2D eigenvalue weighted by molar-refractivity contribution is -0.117. The lowest BCUT2D eigenvalue weighted by Gasteiger charge is -2.58. The van der Waals surface area contributed by atoms with Crippen LogP contribution in [0.3, 0.4) is 0 Å². The first-order chi connectivity index (χ1) is 13.9. The van der Waals surface area contributed by atoms with E-state index in [-0.39, 0.29) is 5.60 Å². The third-order valence-electron chi connectivity index (χ3n) is 9.35. The average Bonchev–Trinajstić information content (AvgIpc) is 2.91. The molecule has 0 aromatic heterocycles. The van der Waals surface area contributed by atoms with Crippen molar-refractivity contribution in [2.75, 3.05) is 0 Å². The summed E-state index contributed by atoms with van der Waals surface area (Å²) >= 11 is 0. The number of hydrogen-bond donors (Lipinski definition) is 0. The van der Waals surface area contributed by atoms with Gasteiger partial charge in [0.2, 0.25) is 8.32 Å². The van der Waals surface area contributed by atoms with Crippen LogP contribution in [0.15, 0.2) is 11.8 Å². The molecule has 3 fully saturated rings. The van der Waals surface area contributed by atoms with E-state index in [1.54, 1.807) is 0 Å². The number of fused-ring (bicyclic) bond motifs is 5. The van der Waals surface area contributed by atoms with Crippen LogP contribution < -0.4 is 0 Å². The van der Waals surface area contributed by atoms with Gasteiger partial charge >= 0.3 is 0 Å². The second kappa shape index (κ2) is 7.76. The predicted molar refractivity (Wildman–Crippen MR) is 132 cm³/mol. The standard InChI is InChI=1S/C26H48O2Si2/c1-9-26(28-30(6,7)8)17-15-24-23-12-10-19-18-20(27-29(3,4)5)11-13-21(19)22(23)14-16-25(24,26)2/h18-19,21-24H,9-17H2,1-8H3/t19-,21?,22?,23?,24?,25+,26+/m1/s1. The van der Waals surface area contributed by atoms with Crippen molar-refractivity contribution in [1.82, 2.24) is 0 Å². The van der Waals surface area contributed by atoms with E-state index >= 15 is 0 Å². The number of hydrogen-bond acceptors (Lipinski definition) is 2. The molecule has 4 unspecified atom stereocenters. The maximum absolute atomic E-state index is 7.07. The highest BCUT2D eigenvalue weighted by molar-refractivity contribution is 6.70. The highest BCUT2D eigenvalue weighted by Crippen LogP contribution is 2.67. The molecule has 30 heavy (non-hydrogen) atoms. The Labute approximate surface area is 188 Å². The van der Waals surface area contributed by atoms with Gasteiger partial charge in [0.1, 0.15) is 0 Å². The quantitative estimate of drug-likeness (QED) is 0.397. The molecule has 4 aliphatic carbocycles. The van der Waals surface area contributed by atoms with E-state index in [0.717, 1.165) is 29.6 Å². The van der Waals surface area contributed by atoms with E-state index in [0.29, 0.717) is 5.41 Å². The second-order valence-electron chi connectivity index (χ2n) is 13.3. The van der Waals surface area contributed by atoms with Gasteiger partial charge in [0.05, 0.1) is 11.4 Å². The summed E-state index contributed by atoms with van der Waals surface area (Å²) in [6.45, 7) is 19.2. The van der Waals surface area contributed by atoms with E-state index in [9.17, 15) is 0 Å². The minimum absolute atomic E-state index is 0.148. The number of rotatable bonds is 5. The Balaban J connectivity index is 1.53. The average molecular weight is 449 g/mol. The smallest absolute Gasteiger partial charge is 0.241 e. The van der Waals surface area contributed by atoms with Gasteiger partial charge in [0.15, 0.2) is 8.32 Å². The topological polar surface area (TPSA) is 18.5 Å². The molecule has 2 nitrogen and oxygen atoms in total. The van der Waals surface area contributed by atoms with Crippen molar-refractivity contribution in [3.05, 3.63) is 11.8 Å². The van der Waals surface area contributed by atoms with Crippen LogP contribution in [-0.2, 0) is 8.85 Å². The van der Waals surface area contributed by atoms with Crippen molar-refractivity contribution in [1.29, 1.82) is 0 Å². The van der Waals surface area contributed by atoms with E-state index in [4.69, 9.17) is 8.85 Å². The van der Waals surface area contributed by atoms with Crippen LogP contribution in [0.25, 0.3) is 0 Å². The molecular weight excluding hydrogens is 400 g/mol. The van der Waals surface area contributed by atoms with Crippen molar-refractivity contribution in [3.63, 3.8) is 0 Å². The molecule has 0 spiro atoms. The highest BCUT2D eigenvalue weighted by Gasteiger charge is 2.63. The van der Waals surface area contributed by atoms with Gasteiger partial charge in [0, 0.05) is 6.42 Å². The molecule has 0 saturated heterocycles. The Morgan fingerprint density at radius 1 is 0.867 bits per heavy atom. The highest BCUT2D eigenvalue weighted by atomic mass is 28.4. The fraction of sp³-hybridized carbons (Fsp3) is 0.923. The normalized spacial score (nSPS) is 44.0. The van der Waals surface area contributed by atoms with E-state index in [1.807, 2.05) is 0 Å². The first kappa shape index (κ1) is 23.1. The Morgan fingerprint density at radius 3 is 2.23 bits per heavy atom. The van der Waals surface area contributed by atoms with E-state index in [1.165, 1.54) is 63.5 Å². The Morgan fingerprint density at radius 2 is 1.60 bits per heavy atom. The summed E-state index contributed by atoms with van der Waals surface area (Å²) in [5.41, 5.74) is 0.543. The molecule has 0 bridgehead atoms. The van der Waals surface area contributed by atoms with Gasteiger partial charge in [-0.3, -0.25) is 0 Å². The molecule has 0 aliphatic heterocycles. The fourth-order valence-electron chi connectivity index (χ4n) is 8.42. The molecule has 0 aromatic carbocycles. The zero-order chi connectivity index (χ0) is 21.9. The van der Waals surface area contributed by atoms with Gasteiger partial charge < -0.3 is 8.85 Å². The molecule has 4 rings (SSSR count). The van der Waals surface area contributed by atoms with Crippen molar-refractivity contribution in [2.45, 2.75) is 117 Å². The molecule has 0 aromatic rings. The van der Waals surface area contributed by atoms with Crippen LogP contribution in [0.2, 0.25) is 39.3 Å². The first-order valence-electron chi connectivity index (χ1n) is 13.0. The molecule has 0 N–H and O–H groups in total. The zero-order valence-corrected chi connectivity index (χ0v) is 23.1. The van der Waals surface area contributed by atoms with E-state index < -0.39 is 16.6 Å². The summed E-state index contributed by atoms with van der Waals surface area (Å²) < 4.78 is 13.5. The molecule has 4 aliphatic rings. The Bertz CT molecular complexity index is 676. The van der Waals surface area contributed by atoms with Gasteiger partial charge in [-0.1, -0.05) is 13.8 Å². The van der Waals surface area contributed by atoms with Crippen LogP contribution in [0.1, 0.15) is 71.6 Å². The van der Waals surface area contributed by atoms with E-state index in [2.05, 4.69) is 59.2 Å². The summed E-state index contributed by atoms with van der Waals surface area (Å²) in [5, 5.41) is 0. The third kappa shape index (κ3) is 4.03. The van der Waals surface area contributed by atoms with Gasteiger partial charge in [-0.2, -0.15) is 0 Å². The largest absolute Gasteiger partial charge is 0.548 e. The molecule has 172 valence electrons. The number of allylic oxidation sites excluding steroid dienone is 2. The minimum Gasteiger partial charge on any atom is -0.548 e. The van der Waals surface area contributed by atoms with Crippen molar-refractivity contribution in [3.8, 4) is 0 Å². The minimum atomic E-state index is -1.56. The third-order valence-corrected chi connectivity index (χ3v) is 11.2. The van der Waals surface area contributed by atoms with Gasteiger partial charge in [-0.05, 0) is 132 Å². The Hall–Kier alpha value is -0.0662. The van der Waals surface area contributed by atoms with Crippen LogP contribution in [-0.4, -0.2) is 22.2 Å². The molecule has 0 radical (unpaired) electrons. The second-order valence-corrected chi connectivity index (χ2v) is 22.1. The van der Waals surface area contributed by atoms with Gasteiger partial charge in [0.25, 0.3) is 0 Å². The van der Waals surface area contributed by atoms with Crippen LogP contribution in [0.5, 0.6) is 0 Å². The lowest BCUT2D eigenvalue weighted by atomic mass is 9.49. The Kier molecular flexibility index (Phi) is 5.98. The van der Waals surface area contributed by atoms with Crippen molar-refractivity contribution >= 4 is 16.6 Å². The SMILES string of the molecule is CC[C@]1(O[Si](C)(C)C)CCC2C3CC[C@@H]4C=C(O[Si](C)(C)C)CCC4C3CC[C@@]21C. The summed E-state index contributed by atoms with van der Waals surface area (Å²) in [6.07, 6.45) is 14.7. The van der Waals surface area contributed by atoms with Crippen LogP contribution in [0, 0.1) is 35.0 Å². The predicted octanol–water partition coefficient (Wildman–Crippen LogP) is 7.98. The monoisotopic (exact) mass is 448 g/mol. The van der Waals surface area contributed by atoms with Crippen LogP contribution in [0.4, 0.5) is 0 Å². The first-order valence-corrected chi connectivity index (χ1v) is 19.8. The molecular formula is C26H48O2Si2. The zero-order valence-electron chi connectivity index (χ0n) is 21.1. The van der Waals surface area contributed by atoms with Gasteiger partial charge in [-0.15, -0.1) is 0 Å². The summed E-state index contributed by atoms with van der Waals surface area (Å²) in [4.78, 5) is 0. The molecule has 7 atom stereocenters. The molecule has 4 heteroatoms. The summed E-state index contributed by atoms with van der Waals surface area (Å²) in [6, 6.07) is 0. The summed E-state index contributed by atoms with van der Waals surface area (Å²) in [5.74, 6) is 5.81. The van der Waals surface area contributed by atoms with Gasteiger partial charge in [-0.25, -0.2) is 0 Å². The summed E-state index contributed by atoms with van der Waals surface area (Å²) in [7, 11) is -3.04.